The molecule has 1 heterocycles. The molecule has 0 fully saturated rings. The third-order valence-electron chi connectivity index (χ3n) is 5.34. The van der Waals surface area contributed by atoms with Gasteiger partial charge in [0.2, 0.25) is 26.0 Å². The van der Waals surface area contributed by atoms with Crippen molar-refractivity contribution >= 4 is 37.3 Å². The minimum atomic E-state index is -3.67. The van der Waals surface area contributed by atoms with Crippen LogP contribution in [0.3, 0.4) is 0 Å². The molecule has 3 rings (SSSR count). The van der Waals surface area contributed by atoms with Gasteiger partial charge < -0.3 is 4.90 Å². The van der Waals surface area contributed by atoms with Crippen molar-refractivity contribution in [3.8, 4) is 0 Å². The van der Waals surface area contributed by atoms with Crippen LogP contribution in [0.2, 0.25) is 0 Å². The second kappa shape index (κ2) is 8.60. The second-order valence-electron chi connectivity index (χ2n) is 7.66. The minimum absolute atomic E-state index is 0.166. The first-order chi connectivity index (χ1) is 14.4. The molecular weight excluding hydrogens is 438 g/mol. The zero-order chi connectivity index (χ0) is 23.0. The third-order valence-corrected chi connectivity index (χ3v) is 8.29. The van der Waals surface area contributed by atoms with E-state index in [0.717, 1.165) is 32.4 Å². The van der Waals surface area contributed by atoms with Crippen molar-refractivity contribution in [1.29, 1.82) is 0 Å². The lowest BCUT2D eigenvalue weighted by atomic mass is 10.1. The van der Waals surface area contributed by atoms with Crippen molar-refractivity contribution in [2.75, 3.05) is 42.6 Å². The fraction of sp³-hybridized carbons (Fsp3) is 0.381. The smallest absolute Gasteiger partial charge is 0.247 e. The molecule has 0 aliphatic carbocycles. The summed E-state index contributed by atoms with van der Waals surface area (Å²) < 4.78 is 51.8. The molecule has 0 N–H and O–H groups in total. The lowest BCUT2D eigenvalue weighted by Crippen LogP contribution is -2.42. The van der Waals surface area contributed by atoms with E-state index in [1.807, 2.05) is 19.1 Å². The second-order valence-corrected chi connectivity index (χ2v) is 11.7. The number of hydrogen-bond donors (Lipinski definition) is 0. The summed E-state index contributed by atoms with van der Waals surface area (Å²) in [5.74, 6) is -0.369. The van der Waals surface area contributed by atoms with Crippen LogP contribution in [-0.4, -0.2) is 60.5 Å². The van der Waals surface area contributed by atoms with E-state index < -0.39 is 20.0 Å². The van der Waals surface area contributed by atoms with Gasteiger partial charge in [-0.3, -0.25) is 9.10 Å². The highest BCUT2D eigenvalue weighted by molar-refractivity contribution is 7.92. The number of nitrogens with zero attached hydrogens (tertiary/aromatic N) is 3. The van der Waals surface area contributed by atoms with Crippen LogP contribution in [0.4, 0.5) is 11.4 Å². The van der Waals surface area contributed by atoms with Crippen LogP contribution < -0.4 is 9.21 Å². The van der Waals surface area contributed by atoms with E-state index in [0.29, 0.717) is 24.3 Å². The topological polar surface area (TPSA) is 95.1 Å². The maximum absolute atomic E-state index is 13.0. The van der Waals surface area contributed by atoms with Crippen molar-refractivity contribution in [2.45, 2.75) is 24.7 Å². The van der Waals surface area contributed by atoms with E-state index >= 15 is 0 Å². The van der Waals surface area contributed by atoms with Crippen LogP contribution in [0.1, 0.15) is 18.1 Å². The van der Waals surface area contributed by atoms with Gasteiger partial charge in [0.25, 0.3) is 0 Å². The van der Waals surface area contributed by atoms with Crippen molar-refractivity contribution in [3.63, 3.8) is 0 Å². The largest absolute Gasteiger partial charge is 0.310 e. The number of benzene rings is 2. The number of anilines is 2. The van der Waals surface area contributed by atoms with Gasteiger partial charge in [0.05, 0.1) is 16.8 Å². The molecule has 8 nitrogen and oxygen atoms in total. The Morgan fingerprint density at radius 2 is 1.68 bits per heavy atom. The van der Waals surface area contributed by atoms with Gasteiger partial charge in [0.15, 0.2) is 0 Å². The maximum Gasteiger partial charge on any atom is 0.247 e. The zero-order valence-electron chi connectivity index (χ0n) is 18.1. The number of aryl methyl sites for hydroxylation is 1. The predicted octanol–water partition coefficient (Wildman–Crippen LogP) is 1.85. The molecule has 1 amide bonds. The van der Waals surface area contributed by atoms with Gasteiger partial charge in [-0.05, 0) is 54.3 Å². The number of hydrogen-bond acceptors (Lipinski definition) is 5. The Kier molecular flexibility index (Phi) is 6.45. The lowest BCUT2D eigenvalue weighted by molar-refractivity contribution is -0.117. The zero-order valence-corrected chi connectivity index (χ0v) is 19.7. The summed E-state index contributed by atoms with van der Waals surface area (Å²) in [6.07, 6.45) is 2.40. The molecular formula is C21H27N3O5S2. The normalized spacial score (nSPS) is 14.0. The molecule has 2 aromatic rings. The van der Waals surface area contributed by atoms with Gasteiger partial charge in [-0.15, -0.1) is 0 Å². The summed E-state index contributed by atoms with van der Waals surface area (Å²) in [6, 6.07) is 11.7. The number of carbonyl (C=O) groups excluding carboxylic acids is 1. The SMILES string of the molecule is CCc1ccc(N(CC(=O)N2CCc3cc(S(=O)(=O)N(C)C)ccc32)S(C)(=O)=O)cc1. The van der Waals surface area contributed by atoms with E-state index in [1.165, 1.54) is 25.1 Å². The summed E-state index contributed by atoms with van der Waals surface area (Å²) in [5.41, 5.74) is 2.85. The fourth-order valence-corrected chi connectivity index (χ4v) is 5.32. The average Bonchev–Trinajstić information content (AvgIpc) is 3.14. The highest BCUT2D eigenvalue weighted by atomic mass is 32.2. The Morgan fingerprint density at radius 3 is 2.23 bits per heavy atom. The van der Waals surface area contributed by atoms with E-state index in [-0.39, 0.29) is 17.3 Å². The monoisotopic (exact) mass is 465 g/mol. The molecule has 0 saturated carbocycles. The van der Waals surface area contributed by atoms with E-state index in [4.69, 9.17) is 0 Å². The summed E-state index contributed by atoms with van der Waals surface area (Å²) >= 11 is 0. The standard InChI is InChI=1S/C21H27N3O5S2/c1-5-16-6-8-18(9-7-16)24(30(4,26)27)15-21(25)23-13-12-17-14-19(10-11-20(17)23)31(28,29)22(2)3/h6-11,14H,5,12-13,15H2,1-4H3. The highest BCUT2D eigenvalue weighted by Gasteiger charge is 2.30. The number of carbonyl (C=O) groups is 1. The van der Waals surface area contributed by atoms with E-state index in [9.17, 15) is 21.6 Å². The van der Waals surface area contributed by atoms with Gasteiger partial charge in [-0.2, -0.15) is 0 Å². The van der Waals surface area contributed by atoms with Crippen LogP contribution >= 0.6 is 0 Å². The third kappa shape index (κ3) is 4.76. The molecule has 0 radical (unpaired) electrons. The molecule has 0 saturated heterocycles. The molecule has 2 aromatic carbocycles. The first-order valence-electron chi connectivity index (χ1n) is 9.87. The van der Waals surface area contributed by atoms with Crippen LogP contribution in [0.15, 0.2) is 47.4 Å². The number of amides is 1. The highest BCUT2D eigenvalue weighted by Crippen LogP contribution is 2.31. The summed E-state index contributed by atoms with van der Waals surface area (Å²) in [5, 5.41) is 0. The molecule has 1 aliphatic heterocycles. The Bertz CT molecular complexity index is 1190. The quantitative estimate of drug-likeness (QED) is 0.622. The van der Waals surface area contributed by atoms with Crippen LogP contribution in [0.5, 0.6) is 0 Å². The summed E-state index contributed by atoms with van der Waals surface area (Å²) in [4.78, 5) is 14.7. The minimum Gasteiger partial charge on any atom is -0.310 e. The Labute approximate surface area is 184 Å². The van der Waals surface area contributed by atoms with Gasteiger partial charge in [-0.1, -0.05) is 19.1 Å². The van der Waals surface area contributed by atoms with Crippen LogP contribution in [0, 0.1) is 0 Å². The van der Waals surface area contributed by atoms with E-state index in [2.05, 4.69) is 0 Å². The molecule has 0 aromatic heterocycles. The molecule has 10 heteroatoms. The van der Waals surface area contributed by atoms with Gasteiger partial charge >= 0.3 is 0 Å². The summed E-state index contributed by atoms with van der Waals surface area (Å²) in [7, 11) is -4.32. The first kappa shape index (κ1) is 23.2. The molecule has 31 heavy (non-hydrogen) atoms. The Balaban J connectivity index is 1.87. The van der Waals surface area contributed by atoms with Crippen molar-refractivity contribution in [3.05, 3.63) is 53.6 Å². The predicted molar refractivity (Wildman–Crippen MR) is 121 cm³/mol. The number of rotatable bonds is 7. The number of fused-ring (bicyclic) bond motifs is 1. The first-order valence-corrected chi connectivity index (χ1v) is 13.2. The molecule has 0 spiro atoms. The maximum atomic E-state index is 13.0. The van der Waals surface area contributed by atoms with Crippen LogP contribution in [0.25, 0.3) is 0 Å². The van der Waals surface area contributed by atoms with Gasteiger partial charge in [0, 0.05) is 26.3 Å². The Hall–Kier alpha value is -2.43. The average molecular weight is 466 g/mol. The van der Waals surface area contributed by atoms with Gasteiger partial charge in [-0.25, -0.2) is 21.1 Å². The van der Waals surface area contributed by atoms with Crippen molar-refractivity contribution in [2.24, 2.45) is 0 Å². The molecule has 168 valence electrons. The van der Waals surface area contributed by atoms with E-state index in [1.54, 1.807) is 24.3 Å². The lowest BCUT2D eigenvalue weighted by Gasteiger charge is -2.25. The van der Waals surface area contributed by atoms with Gasteiger partial charge in [0.1, 0.15) is 6.54 Å². The summed E-state index contributed by atoms with van der Waals surface area (Å²) in [6.45, 7) is 2.04. The number of sulfonamides is 2. The molecule has 0 unspecified atom stereocenters. The van der Waals surface area contributed by atoms with Crippen molar-refractivity contribution in [1.82, 2.24) is 4.31 Å². The molecule has 1 aliphatic rings. The fourth-order valence-electron chi connectivity index (χ4n) is 3.51. The van der Waals surface area contributed by atoms with Crippen LogP contribution in [-0.2, 0) is 37.7 Å². The Morgan fingerprint density at radius 1 is 1.03 bits per heavy atom. The molecule has 0 bridgehead atoms. The van der Waals surface area contributed by atoms with Crippen molar-refractivity contribution < 1.29 is 21.6 Å². The molecule has 0 atom stereocenters.